The van der Waals surface area contributed by atoms with E-state index < -0.39 is 0 Å². The summed E-state index contributed by atoms with van der Waals surface area (Å²) in [6.07, 6.45) is 2.95. The molecule has 1 fully saturated rings. The summed E-state index contributed by atoms with van der Waals surface area (Å²) in [5.74, 6) is 1.54. The highest BCUT2D eigenvalue weighted by Crippen LogP contribution is 2.33. The normalized spacial score (nSPS) is 17.5. The van der Waals surface area contributed by atoms with Gasteiger partial charge in [-0.05, 0) is 30.9 Å². The summed E-state index contributed by atoms with van der Waals surface area (Å²) >= 11 is 0. The van der Waals surface area contributed by atoms with Crippen LogP contribution in [0.5, 0.6) is 0 Å². The highest BCUT2D eigenvalue weighted by molar-refractivity contribution is 5.76. The second-order valence-electron chi connectivity index (χ2n) is 6.95. The maximum absolute atomic E-state index is 14.4. The van der Waals surface area contributed by atoms with Crippen LogP contribution in [0.15, 0.2) is 24.3 Å². The molecule has 0 radical (unpaired) electrons. The lowest BCUT2D eigenvalue weighted by Crippen LogP contribution is -2.31. The molecule has 5 nitrogen and oxygen atoms in total. The second kappa shape index (κ2) is 7.33. The zero-order valence-corrected chi connectivity index (χ0v) is 15.1. The Balaban J connectivity index is 2.06. The SMILES string of the molecule is CCC(=O)N1CCC[C@H]1c1nc(CC(C)C)nn1-c1ccccc1F. The molecule has 1 aromatic heterocycles. The summed E-state index contributed by atoms with van der Waals surface area (Å²) < 4.78 is 16.0. The first-order chi connectivity index (χ1) is 12.0. The summed E-state index contributed by atoms with van der Waals surface area (Å²) in [6.45, 7) is 6.79. The number of hydrogen-bond acceptors (Lipinski definition) is 3. The first-order valence-corrected chi connectivity index (χ1v) is 9.01. The van der Waals surface area contributed by atoms with E-state index in [9.17, 15) is 9.18 Å². The van der Waals surface area contributed by atoms with E-state index in [1.807, 2.05) is 11.8 Å². The van der Waals surface area contributed by atoms with Crippen LogP contribution in [0.3, 0.4) is 0 Å². The van der Waals surface area contributed by atoms with Gasteiger partial charge in [0.25, 0.3) is 0 Å². The number of hydrogen-bond donors (Lipinski definition) is 0. The predicted octanol–water partition coefficient (Wildman–Crippen LogP) is 3.68. The molecule has 0 aliphatic carbocycles. The number of aromatic nitrogens is 3. The van der Waals surface area contributed by atoms with Crippen molar-refractivity contribution in [3.63, 3.8) is 0 Å². The molecule has 3 rings (SSSR count). The third-order valence-corrected chi connectivity index (χ3v) is 4.52. The van der Waals surface area contributed by atoms with Gasteiger partial charge in [-0.3, -0.25) is 4.79 Å². The van der Waals surface area contributed by atoms with E-state index in [1.54, 1.807) is 22.9 Å². The van der Waals surface area contributed by atoms with Crippen molar-refractivity contribution in [2.24, 2.45) is 5.92 Å². The third-order valence-electron chi connectivity index (χ3n) is 4.52. The Morgan fingerprint density at radius 2 is 2.12 bits per heavy atom. The molecule has 0 N–H and O–H groups in total. The molecule has 0 unspecified atom stereocenters. The van der Waals surface area contributed by atoms with E-state index in [0.717, 1.165) is 25.8 Å². The smallest absolute Gasteiger partial charge is 0.222 e. The number of nitrogens with zero attached hydrogens (tertiary/aromatic N) is 4. The quantitative estimate of drug-likeness (QED) is 0.831. The fourth-order valence-electron chi connectivity index (χ4n) is 3.37. The topological polar surface area (TPSA) is 51.0 Å². The van der Waals surface area contributed by atoms with Gasteiger partial charge < -0.3 is 4.90 Å². The minimum absolute atomic E-state index is 0.107. The first kappa shape index (κ1) is 17.6. The summed E-state index contributed by atoms with van der Waals surface area (Å²) in [4.78, 5) is 18.9. The van der Waals surface area contributed by atoms with Crippen LogP contribution < -0.4 is 0 Å². The van der Waals surface area contributed by atoms with Gasteiger partial charge in [0.1, 0.15) is 11.5 Å². The van der Waals surface area contributed by atoms with E-state index in [1.165, 1.54) is 6.07 Å². The Kier molecular flexibility index (Phi) is 5.16. The lowest BCUT2D eigenvalue weighted by molar-refractivity contribution is -0.131. The fourth-order valence-corrected chi connectivity index (χ4v) is 3.37. The molecular weight excluding hydrogens is 319 g/mol. The lowest BCUT2D eigenvalue weighted by Gasteiger charge is -2.24. The Bertz CT molecular complexity index is 756. The van der Waals surface area contributed by atoms with Gasteiger partial charge in [0.05, 0.1) is 6.04 Å². The second-order valence-corrected chi connectivity index (χ2v) is 6.95. The van der Waals surface area contributed by atoms with Gasteiger partial charge in [-0.25, -0.2) is 14.1 Å². The molecule has 6 heteroatoms. The number of amides is 1. The molecule has 1 aromatic carbocycles. The van der Waals surface area contributed by atoms with Gasteiger partial charge in [0, 0.05) is 19.4 Å². The van der Waals surface area contributed by atoms with Gasteiger partial charge in [-0.15, -0.1) is 0 Å². The van der Waals surface area contributed by atoms with Crippen molar-refractivity contribution in [1.29, 1.82) is 0 Å². The standard InChI is InChI=1S/C19H25FN4O/c1-4-18(25)23-11-7-10-16(23)19-21-17(12-13(2)3)22-24(19)15-9-6-5-8-14(15)20/h5-6,8-9,13,16H,4,7,10-12H2,1-3H3/t16-/m0/s1. The maximum Gasteiger partial charge on any atom is 0.222 e. The molecule has 0 saturated carbocycles. The molecular formula is C19H25FN4O. The molecule has 1 amide bonds. The van der Waals surface area contributed by atoms with Crippen LogP contribution in [0.4, 0.5) is 4.39 Å². The molecule has 1 aliphatic rings. The van der Waals surface area contributed by atoms with Crippen LogP contribution in [-0.4, -0.2) is 32.1 Å². The van der Waals surface area contributed by atoms with Crippen molar-refractivity contribution in [2.45, 2.75) is 52.5 Å². The van der Waals surface area contributed by atoms with Crippen molar-refractivity contribution in [3.05, 3.63) is 41.7 Å². The highest BCUT2D eigenvalue weighted by Gasteiger charge is 2.34. The van der Waals surface area contributed by atoms with Crippen molar-refractivity contribution < 1.29 is 9.18 Å². The van der Waals surface area contributed by atoms with E-state index in [2.05, 4.69) is 18.9 Å². The Hall–Kier alpha value is -2.24. The predicted molar refractivity (Wildman–Crippen MR) is 93.8 cm³/mol. The minimum Gasteiger partial charge on any atom is -0.332 e. The first-order valence-electron chi connectivity index (χ1n) is 9.01. The van der Waals surface area contributed by atoms with Crippen LogP contribution in [0, 0.1) is 11.7 Å². The monoisotopic (exact) mass is 344 g/mol. The van der Waals surface area contributed by atoms with Gasteiger partial charge in [0.2, 0.25) is 5.91 Å². The van der Waals surface area contributed by atoms with Crippen molar-refractivity contribution in [1.82, 2.24) is 19.7 Å². The summed E-state index contributed by atoms with van der Waals surface area (Å²) in [7, 11) is 0. The van der Waals surface area contributed by atoms with Gasteiger partial charge in [0.15, 0.2) is 11.6 Å². The fraction of sp³-hybridized carbons (Fsp3) is 0.526. The minimum atomic E-state index is -0.337. The molecule has 1 saturated heterocycles. The van der Waals surface area contributed by atoms with Crippen LogP contribution >= 0.6 is 0 Å². The zero-order valence-electron chi connectivity index (χ0n) is 15.1. The number of carbonyl (C=O) groups is 1. The molecule has 2 heterocycles. The number of para-hydroxylation sites is 1. The van der Waals surface area contributed by atoms with Crippen LogP contribution in [0.1, 0.15) is 57.7 Å². The average molecular weight is 344 g/mol. The number of rotatable bonds is 5. The number of halogens is 1. The Morgan fingerprint density at radius 1 is 1.36 bits per heavy atom. The molecule has 1 aliphatic heterocycles. The van der Waals surface area contributed by atoms with E-state index in [0.29, 0.717) is 29.7 Å². The number of likely N-dealkylation sites (tertiary alicyclic amines) is 1. The van der Waals surface area contributed by atoms with Crippen LogP contribution in [-0.2, 0) is 11.2 Å². The van der Waals surface area contributed by atoms with Crippen molar-refractivity contribution >= 4 is 5.91 Å². The molecule has 0 bridgehead atoms. The van der Waals surface area contributed by atoms with Crippen LogP contribution in [0.25, 0.3) is 5.69 Å². The van der Waals surface area contributed by atoms with E-state index in [4.69, 9.17) is 4.98 Å². The lowest BCUT2D eigenvalue weighted by atomic mass is 10.1. The Labute approximate surface area is 147 Å². The average Bonchev–Trinajstić information content (AvgIpc) is 3.20. The molecule has 0 spiro atoms. The molecule has 134 valence electrons. The molecule has 1 atom stereocenters. The maximum atomic E-state index is 14.4. The van der Waals surface area contributed by atoms with Crippen molar-refractivity contribution in [3.8, 4) is 5.69 Å². The molecule has 25 heavy (non-hydrogen) atoms. The van der Waals surface area contributed by atoms with E-state index >= 15 is 0 Å². The zero-order chi connectivity index (χ0) is 18.0. The number of carbonyl (C=O) groups excluding carboxylic acids is 1. The van der Waals surface area contributed by atoms with Gasteiger partial charge in [-0.2, -0.15) is 5.10 Å². The number of benzene rings is 1. The summed E-state index contributed by atoms with van der Waals surface area (Å²) in [5, 5.41) is 4.57. The van der Waals surface area contributed by atoms with E-state index in [-0.39, 0.29) is 17.8 Å². The highest BCUT2D eigenvalue weighted by atomic mass is 19.1. The Morgan fingerprint density at radius 3 is 2.80 bits per heavy atom. The van der Waals surface area contributed by atoms with Gasteiger partial charge >= 0.3 is 0 Å². The van der Waals surface area contributed by atoms with Gasteiger partial charge in [-0.1, -0.05) is 32.9 Å². The molecule has 2 aromatic rings. The summed E-state index contributed by atoms with van der Waals surface area (Å²) in [5.41, 5.74) is 0.385. The largest absolute Gasteiger partial charge is 0.332 e. The van der Waals surface area contributed by atoms with Crippen LogP contribution in [0.2, 0.25) is 0 Å². The summed E-state index contributed by atoms with van der Waals surface area (Å²) in [6, 6.07) is 6.43. The third kappa shape index (κ3) is 3.57. The van der Waals surface area contributed by atoms with Crippen molar-refractivity contribution in [2.75, 3.05) is 6.54 Å².